The van der Waals surface area contributed by atoms with E-state index in [0.717, 1.165) is 17.4 Å². The molecule has 106 valence electrons. The van der Waals surface area contributed by atoms with Crippen LogP contribution in [0.25, 0.3) is 5.69 Å². The SMILES string of the molecule is Fc1cccc(CNc2ccccc2-n2cncn2)c1F. The molecule has 0 spiro atoms. The number of anilines is 1. The van der Waals surface area contributed by atoms with Gasteiger partial charge in [0.1, 0.15) is 12.7 Å². The number of nitrogens with one attached hydrogen (secondary N) is 1. The monoisotopic (exact) mass is 286 g/mol. The Kier molecular flexibility index (Phi) is 3.59. The van der Waals surface area contributed by atoms with Gasteiger partial charge in [0.15, 0.2) is 11.6 Å². The minimum atomic E-state index is -0.848. The van der Waals surface area contributed by atoms with E-state index in [9.17, 15) is 8.78 Å². The van der Waals surface area contributed by atoms with Crippen molar-refractivity contribution < 1.29 is 8.78 Å². The second-order valence-electron chi connectivity index (χ2n) is 4.42. The van der Waals surface area contributed by atoms with Crippen LogP contribution in [0.4, 0.5) is 14.5 Å². The topological polar surface area (TPSA) is 42.7 Å². The summed E-state index contributed by atoms with van der Waals surface area (Å²) in [4.78, 5) is 3.90. The van der Waals surface area contributed by atoms with Crippen molar-refractivity contribution in [2.75, 3.05) is 5.32 Å². The Labute approximate surface area is 120 Å². The molecular weight excluding hydrogens is 274 g/mol. The van der Waals surface area contributed by atoms with Crippen LogP contribution in [-0.4, -0.2) is 14.8 Å². The van der Waals surface area contributed by atoms with Crippen molar-refractivity contribution in [2.45, 2.75) is 6.54 Å². The number of nitrogens with zero attached hydrogens (tertiary/aromatic N) is 3. The maximum atomic E-state index is 13.6. The Bertz CT molecular complexity index is 741. The smallest absolute Gasteiger partial charge is 0.163 e. The summed E-state index contributed by atoms with van der Waals surface area (Å²) in [6, 6.07) is 11.5. The zero-order valence-electron chi connectivity index (χ0n) is 11.0. The van der Waals surface area contributed by atoms with Crippen molar-refractivity contribution in [1.29, 1.82) is 0 Å². The van der Waals surface area contributed by atoms with Crippen molar-refractivity contribution in [2.24, 2.45) is 0 Å². The van der Waals surface area contributed by atoms with E-state index in [1.54, 1.807) is 17.1 Å². The van der Waals surface area contributed by atoms with E-state index in [-0.39, 0.29) is 12.1 Å². The van der Waals surface area contributed by atoms with Gasteiger partial charge in [-0.1, -0.05) is 24.3 Å². The van der Waals surface area contributed by atoms with Crippen molar-refractivity contribution >= 4 is 5.69 Å². The minimum absolute atomic E-state index is 0.176. The van der Waals surface area contributed by atoms with Crippen LogP contribution in [0.15, 0.2) is 55.1 Å². The second kappa shape index (κ2) is 5.70. The van der Waals surface area contributed by atoms with Gasteiger partial charge >= 0.3 is 0 Å². The molecule has 0 aliphatic carbocycles. The van der Waals surface area contributed by atoms with Crippen LogP contribution < -0.4 is 5.32 Å². The molecule has 1 heterocycles. The average Bonchev–Trinajstić information content (AvgIpc) is 3.03. The molecule has 0 amide bonds. The van der Waals surface area contributed by atoms with Crippen molar-refractivity contribution in [1.82, 2.24) is 14.8 Å². The standard InChI is InChI=1S/C15H12F2N4/c16-12-5-3-4-11(15(12)17)8-19-13-6-1-2-7-14(13)21-10-18-9-20-21/h1-7,9-10,19H,8H2. The van der Waals surface area contributed by atoms with Gasteiger partial charge in [0.2, 0.25) is 0 Å². The Morgan fingerprint density at radius 2 is 1.90 bits per heavy atom. The first-order valence-corrected chi connectivity index (χ1v) is 6.36. The highest BCUT2D eigenvalue weighted by Gasteiger charge is 2.09. The molecule has 1 aromatic heterocycles. The predicted molar refractivity (Wildman–Crippen MR) is 75.0 cm³/mol. The Morgan fingerprint density at radius 1 is 1.05 bits per heavy atom. The fourth-order valence-electron chi connectivity index (χ4n) is 2.03. The quantitative estimate of drug-likeness (QED) is 0.801. The summed E-state index contributed by atoms with van der Waals surface area (Å²) < 4.78 is 28.4. The number of hydrogen-bond donors (Lipinski definition) is 1. The molecule has 3 rings (SSSR count). The number of aromatic nitrogens is 3. The number of rotatable bonds is 4. The molecule has 0 atom stereocenters. The minimum Gasteiger partial charge on any atom is -0.379 e. The lowest BCUT2D eigenvalue weighted by molar-refractivity contribution is 0.500. The molecule has 0 unspecified atom stereocenters. The van der Waals surface area contributed by atoms with Gasteiger partial charge in [0, 0.05) is 12.1 Å². The second-order valence-corrected chi connectivity index (χ2v) is 4.42. The molecule has 0 saturated carbocycles. The number of halogens is 2. The van der Waals surface area contributed by atoms with Gasteiger partial charge < -0.3 is 5.32 Å². The fourth-order valence-corrected chi connectivity index (χ4v) is 2.03. The van der Waals surface area contributed by atoms with Gasteiger partial charge in [-0.3, -0.25) is 0 Å². The summed E-state index contributed by atoms with van der Waals surface area (Å²) in [6.45, 7) is 0.176. The van der Waals surface area contributed by atoms with Crippen molar-refractivity contribution in [3.8, 4) is 5.69 Å². The third-order valence-corrected chi connectivity index (χ3v) is 3.07. The van der Waals surface area contributed by atoms with Gasteiger partial charge in [0.25, 0.3) is 0 Å². The van der Waals surface area contributed by atoms with Gasteiger partial charge in [-0.2, -0.15) is 5.10 Å². The van der Waals surface area contributed by atoms with E-state index < -0.39 is 11.6 Å². The Hall–Kier alpha value is -2.76. The summed E-state index contributed by atoms with van der Waals surface area (Å²) in [7, 11) is 0. The highest BCUT2D eigenvalue weighted by molar-refractivity contribution is 5.60. The molecule has 0 radical (unpaired) electrons. The maximum Gasteiger partial charge on any atom is 0.163 e. The van der Waals surface area contributed by atoms with Gasteiger partial charge in [-0.25, -0.2) is 18.4 Å². The zero-order chi connectivity index (χ0) is 14.7. The summed E-state index contributed by atoms with van der Waals surface area (Å²) in [5.74, 6) is -1.68. The maximum absolute atomic E-state index is 13.6. The zero-order valence-corrected chi connectivity index (χ0v) is 11.0. The predicted octanol–water partition coefficient (Wildman–Crippen LogP) is 3.16. The Morgan fingerprint density at radius 3 is 2.71 bits per heavy atom. The van der Waals surface area contributed by atoms with Gasteiger partial charge in [-0.15, -0.1) is 0 Å². The van der Waals surface area contributed by atoms with Crippen LogP contribution in [-0.2, 0) is 6.54 Å². The molecule has 21 heavy (non-hydrogen) atoms. The Balaban J connectivity index is 1.85. The molecule has 4 nitrogen and oxygen atoms in total. The molecule has 6 heteroatoms. The number of hydrogen-bond acceptors (Lipinski definition) is 3. The fraction of sp³-hybridized carbons (Fsp3) is 0.0667. The summed E-state index contributed by atoms with van der Waals surface area (Å²) in [6.07, 6.45) is 3.01. The molecule has 3 aromatic rings. The lowest BCUT2D eigenvalue weighted by atomic mass is 10.2. The van der Waals surface area contributed by atoms with Crippen molar-refractivity contribution in [3.63, 3.8) is 0 Å². The van der Waals surface area contributed by atoms with Gasteiger partial charge in [0.05, 0.1) is 11.4 Å². The van der Waals surface area contributed by atoms with E-state index >= 15 is 0 Å². The summed E-state index contributed by atoms with van der Waals surface area (Å²) in [5.41, 5.74) is 1.81. The molecule has 0 aliphatic rings. The summed E-state index contributed by atoms with van der Waals surface area (Å²) >= 11 is 0. The van der Waals surface area contributed by atoms with E-state index in [1.807, 2.05) is 24.3 Å². The van der Waals surface area contributed by atoms with Gasteiger partial charge in [-0.05, 0) is 18.2 Å². The van der Waals surface area contributed by atoms with Crippen LogP contribution in [0.3, 0.4) is 0 Å². The molecule has 1 N–H and O–H groups in total. The average molecular weight is 286 g/mol. The first-order chi connectivity index (χ1) is 10.3. The van der Waals surface area contributed by atoms with Crippen molar-refractivity contribution in [3.05, 3.63) is 72.3 Å². The van der Waals surface area contributed by atoms with Crippen LogP contribution in [0.1, 0.15) is 5.56 Å². The van der Waals surface area contributed by atoms with Crippen LogP contribution in [0.5, 0.6) is 0 Å². The first-order valence-electron chi connectivity index (χ1n) is 6.36. The molecule has 0 fully saturated rings. The third-order valence-electron chi connectivity index (χ3n) is 3.07. The largest absolute Gasteiger partial charge is 0.379 e. The van der Waals surface area contributed by atoms with E-state index in [0.29, 0.717) is 0 Å². The van der Waals surface area contributed by atoms with E-state index in [4.69, 9.17) is 0 Å². The third kappa shape index (κ3) is 2.74. The van der Waals surface area contributed by atoms with E-state index in [2.05, 4.69) is 15.4 Å². The molecule has 0 bridgehead atoms. The van der Waals surface area contributed by atoms with Crippen LogP contribution in [0, 0.1) is 11.6 Å². The summed E-state index contributed by atoms with van der Waals surface area (Å²) in [5, 5.41) is 7.16. The number of para-hydroxylation sites is 2. The first kappa shape index (κ1) is 13.2. The van der Waals surface area contributed by atoms with Crippen LogP contribution >= 0.6 is 0 Å². The van der Waals surface area contributed by atoms with E-state index in [1.165, 1.54) is 12.4 Å². The van der Waals surface area contributed by atoms with Crippen LogP contribution in [0.2, 0.25) is 0 Å². The number of benzene rings is 2. The normalized spacial score (nSPS) is 10.6. The highest BCUT2D eigenvalue weighted by atomic mass is 19.2. The molecule has 0 saturated heterocycles. The lowest BCUT2D eigenvalue weighted by Gasteiger charge is -2.12. The lowest BCUT2D eigenvalue weighted by Crippen LogP contribution is -2.06. The molecule has 0 aliphatic heterocycles. The molecule has 2 aromatic carbocycles. The highest BCUT2D eigenvalue weighted by Crippen LogP contribution is 2.20. The molecular formula is C15H12F2N4.